The number of imidazole rings is 1. The first-order valence-electron chi connectivity index (χ1n) is 7.86. The van der Waals surface area contributed by atoms with Crippen molar-refractivity contribution in [3.05, 3.63) is 71.2 Å². The Morgan fingerprint density at radius 2 is 2.00 bits per heavy atom. The number of nitrogens with two attached hydrogens (primary N) is 1. The van der Waals surface area contributed by atoms with Crippen molar-refractivity contribution in [2.24, 2.45) is 5.73 Å². The molecule has 0 aliphatic carbocycles. The van der Waals surface area contributed by atoms with Gasteiger partial charge in [-0.1, -0.05) is 18.1 Å². The van der Waals surface area contributed by atoms with Gasteiger partial charge in [0.2, 0.25) is 5.91 Å². The van der Waals surface area contributed by atoms with E-state index in [4.69, 9.17) is 5.73 Å². The highest BCUT2D eigenvalue weighted by molar-refractivity contribution is 7.99. The number of aromatic nitrogens is 2. The van der Waals surface area contributed by atoms with E-state index in [1.54, 1.807) is 16.7 Å². The minimum absolute atomic E-state index is 0.147. The van der Waals surface area contributed by atoms with Crippen molar-refractivity contribution in [3.63, 3.8) is 0 Å². The zero-order chi connectivity index (χ0) is 19.4. The number of halogens is 3. The smallest absolute Gasteiger partial charge is 0.369 e. The van der Waals surface area contributed by atoms with Crippen LogP contribution in [-0.2, 0) is 16.7 Å². The fourth-order valence-electron chi connectivity index (χ4n) is 2.43. The first kappa shape index (κ1) is 18.9. The van der Waals surface area contributed by atoms with Crippen LogP contribution < -0.4 is 5.73 Å². The van der Waals surface area contributed by atoms with Gasteiger partial charge in [-0.3, -0.25) is 9.20 Å². The Hall–Kier alpha value is -2.92. The van der Waals surface area contributed by atoms with Crippen molar-refractivity contribution in [1.82, 2.24) is 9.38 Å². The second-order valence-corrected chi connectivity index (χ2v) is 6.61. The molecule has 0 bridgehead atoms. The molecule has 27 heavy (non-hydrogen) atoms. The molecule has 2 aromatic heterocycles. The topological polar surface area (TPSA) is 60.4 Å². The van der Waals surface area contributed by atoms with E-state index in [0.717, 1.165) is 12.1 Å². The third-order valence-electron chi connectivity index (χ3n) is 3.60. The second kappa shape index (κ2) is 7.76. The van der Waals surface area contributed by atoms with Crippen LogP contribution >= 0.6 is 11.8 Å². The fourth-order valence-corrected chi connectivity index (χ4v) is 3.13. The number of pyridine rings is 1. The molecule has 1 amide bonds. The molecule has 0 unspecified atom stereocenters. The van der Waals surface area contributed by atoms with E-state index in [-0.39, 0.29) is 11.3 Å². The monoisotopic (exact) mass is 389 g/mol. The Labute approximate surface area is 157 Å². The highest BCUT2D eigenvalue weighted by Gasteiger charge is 2.30. The molecule has 2 N–H and O–H groups in total. The van der Waals surface area contributed by atoms with Crippen molar-refractivity contribution in [1.29, 1.82) is 0 Å². The third kappa shape index (κ3) is 4.63. The predicted molar refractivity (Wildman–Crippen MR) is 98.0 cm³/mol. The Kier molecular flexibility index (Phi) is 5.42. The van der Waals surface area contributed by atoms with Crippen LogP contribution in [0.3, 0.4) is 0 Å². The number of benzene rings is 1. The minimum Gasteiger partial charge on any atom is -0.369 e. The fraction of sp³-hybridized carbons (Fsp3) is 0.158. The van der Waals surface area contributed by atoms with Crippen LogP contribution in [0.1, 0.15) is 22.5 Å². The van der Waals surface area contributed by atoms with E-state index in [0.29, 0.717) is 22.8 Å². The lowest BCUT2D eigenvalue weighted by Crippen LogP contribution is -2.13. The van der Waals surface area contributed by atoms with Gasteiger partial charge in [0.05, 0.1) is 17.0 Å². The molecular formula is C19H14F3N3OS. The van der Waals surface area contributed by atoms with Gasteiger partial charge in [-0.05, 0) is 36.3 Å². The van der Waals surface area contributed by atoms with Crippen LogP contribution in [0.5, 0.6) is 0 Å². The maximum Gasteiger partial charge on any atom is 0.416 e. The van der Waals surface area contributed by atoms with E-state index < -0.39 is 17.6 Å². The predicted octanol–water partition coefficient (Wildman–Crippen LogP) is 3.47. The average molecular weight is 389 g/mol. The van der Waals surface area contributed by atoms with Crippen molar-refractivity contribution < 1.29 is 18.0 Å². The molecule has 8 heteroatoms. The number of carbonyl (C=O) groups excluding carboxylic acids is 1. The molecule has 3 rings (SSSR count). The number of hydrogen-bond acceptors (Lipinski definition) is 3. The lowest BCUT2D eigenvalue weighted by Gasteiger charge is -2.05. The highest BCUT2D eigenvalue weighted by atomic mass is 32.2. The minimum atomic E-state index is -4.42. The number of rotatable bonds is 4. The van der Waals surface area contributed by atoms with Crippen molar-refractivity contribution in [3.8, 4) is 11.8 Å². The Morgan fingerprint density at radius 1 is 1.19 bits per heavy atom. The number of thioether (sulfide) groups is 1. The number of fused-ring (bicyclic) bond motifs is 1. The van der Waals surface area contributed by atoms with Gasteiger partial charge in [0, 0.05) is 17.5 Å². The molecule has 0 atom stereocenters. The van der Waals surface area contributed by atoms with Gasteiger partial charge >= 0.3 is 6.18 Å². The molecule has 4 nitrogen and oxygen atoms in total. The van der Waals surface area contributed by atoms with Gasteiger partial charge in [-0.25, -0.2) is 4.98 Å². The summed E-state index contributed by atoms with van der Waals surface area (Å²) in [7, 11) is 0. The molecule has 0 aliphatic rings. The van der Waals surface area contributed by atoms with Gasteiger partial charge in [0.25, 0.3) is 0 Å². The molecule has 1 aromatic carbocycles. The van der Waals surface area contributed by atoms with Gasteiger partial charge in [-0.15, -0.1) is 11.8 Å². The van der Waals surface area contributed by atoms with E-state index in [2.05, 4.69) is 16.8 Å². The zero-order valence-electron chi connectivity index (χ0n) is 14.0. The van der Waals surface area contributed by atoms with Crippen LogP contribution in [0.2, 0.25) is 0 Å². The maximum atomic E-state index is 12.9. The molecule has 0 saturated carbocycles. The number of nitrogens with zero attached hydrogens (tertiary/aromatic N) is 2. The van der Waals surface area contributed by atoms with Gasteiger partial charge in [0.1, 0.15) is 11.3 Å². The van der Waals surface area contributed by atoms with Crippen molar-refractivity contribution >= 4 is 23.3 Å². The van der Waals surface area contributed by atoms with Crippen LogP contribution in [0.4, 0.5) is 13.2 Å². The standard InChI is InChI=1S/C19H14F3N3OS/c20-19(21,22)14-5-3-4-13(10-14)7-8-16-15(11-27-12-17(23)26)24-18-6-1-2-9-25(16)18/h1-6,9-10H,11-12H2,(H2,23,26). The summed E-state index contributed by atoms with van der Waals surface area (Å²) in [6.07, 6.45) is -2.64. The number of alkyl halides is 3. The van der Waals surface area contributed by atoms with Crippen LogP contribution in [0, 0.1) is 11.8 Å². The number of primary amides is 1. The van der Waals surface area contributed by atoms with Gasteiger partial charge < -0.3 is 5.73 Å². The molecule has 0 fully saturated rings. The molecule has 0 aliphatic heterocycles. The number of amides is 1. The first-order valence-corrected chi connectivity index (χ1v) is 9.01. The molecule has 0 radical (unpaired) electrons. The lowest BCUT2D eigenvalue weighted by atomic mass is 10.1. The summed E-state index contributed by atoms with van der Waals surface area (Å²) >= 11 is 1.30. The SMILES string of the molecule is NC(=O)CSCc1nc2ccccn2c1C#Cc1cccc(C(F)(F)F)c1. The van der Waals surface area contributed by atoms with Crippen molar-refractivity contribution in [2.75, 3.05) is 5.75 Å². The number of carbonyl (C=O) groups is 1. The Balaban J connectivity index is 1.97. The molecule has 3 aromatic rings. The van der Waals surface area contributed by atoms with Crippen molar-refractivity contribution in [2.45, 2.75) is 11.9 Å². The summed E-state index contributed by atoms with van der Waals surface area (Å²) in [5.74, 6) is 5.83. The quantitative estimate of drug-likeness (QED) is 0.695. The molecule has 0 saturated heterocycles. The van der Waals surface area contributed by atoms with Gasteiger partial charge in [0.15, 0.2) is 0 Å². The highest BCUT2D eigenvalue weighted by Crippen LogP contribution is 2.29. The summed E-state index contributed by atoms with van der Waals surface area (Å²) in [4.78, 5) is 15.4. The summed E-state index contributed by atoms with van der Waals surface area (Å²) in [6.45, 7) is 0. The summed E-state index contributed by atoms with van der Waals surface area (Å²) in [6, 6.07) is 10.3. The molecule has 0 spiro atoms. The Bertz CT molecular complexity index is 1050. The van der Waals surface area contributed by atoms with E-state index in [1.165, 1.54) is 23.9 Å². The first-order chi connectivity index (χ1) is 12.8. The van der Waals surface area contributed by atoms with E-state index in [1.807, 2.05) is 12.1 Å². The summed E-state index contributed by atoms with van der Waals surface area (Å²) in [5, 5.41) is 0. The molecular weight excluding hydrogens is 375 g/mol. The van der Waals surface area contributed by atoms with Crippen LogP contribution in [-0.4, -0.2) is 21.0 Å². The molecule has 138 valence electrons. The zero-order valence-corrected chi connectivity index (χ0v) is 14.8. The largest absolute Gasteiger partial charge is 0.416 e. The third-order valence-corrected chi connectivity index (χ3v) is 4.57. The normalized spacial score (nSPS) is 11.2. The summed E-state index contributed by atoms with van der Waals surface area (Å²) in [5.41, 5.74) is 6.54. The maximum absolute atomic E-state index is 12.9. The molecule has 2 heterocycles. The van der Waals surface area contributed by atoms with E-state index >= 15 is 0 Å². The van der Waals surface area contributed by atoms with Crippen LogP contribution in [0.15, 0.2) is 48.7 Å². The van der Waals surface area contributed by atoms with E-state index in [9.17, 15) is 18.0 Å². The van der Waals surface area contributed by atoms with Gasteiger partial charge in [-0.2, -0.15) is 13.2 Å². The second-order valence-electron chi connectivity index (χ2n) is 5.62. The Morgan fingerprint density at radius 3 is 2.74 bits per heavy atom. The van der Waals surface area contributed by atoms with Crippen LogP contribution in [0.25, 0.3) is 5.65 Å². The summed E-state index contributed by atoms with van der Waals surface area (Å²) < 4.78 is 40.3. The number of hydrogen-bond donors (Lipinski definition) is 1. The average Bonchev–Trinajstić information content (AvgIpc) is 2.96. The lowest BCUT2D eigenvalue weighted by molar-refractivity contribution is -0.137.